The summed E-state index contributed by atoms with van der Waals surface area (Å²) < 4.78 is 2.78. The highest BCUT2D eigenvalue weighted by Gasteiger charge is 2.37. The Bertz CT molecular complexity index is 1490. The van der Waals surface area contributed by atoms with Crippen molar-refractivity contribution in [2.75, 3.05) is 18.0 Å². The Kier molecular flexibility index (Phi) is 9.54. The van der Waals surface area contributed by atoms with Gasteiger partial charge in [0.1, 0.15) is 12.2 Å². The number of piperidine rings is 1. The molecule has 10 heteroatoms. The van der Waals surface area contributed by atoms with Crippen LogP contribution in [0.2, 0.25) is 0 Å². The number of carbonyl (C=O) groups excluding carboxylic acids is 3. The summed E-state index contributed by atoms with van der Waals surface area (Å²) in [4.78, 5) is 55.7. The number of aromatic nitrogens is 1. The minimum absolute atomic E-state index is 0.0290. The highest BCUT2D eigenvalue weighted by Crippen LogP contribution is 2.32. The van der Waals surface area contributed by atoms with Gasteiger partial charge in [-0.05, 0) is 94.0 Å². The lowest BCUT2D eigenvalue weighted by molar-refractivity contribution is -0.149. The first kappa shape index (κ1) is 30.8. The normalized spacial score (nSPS) is 22.3. The van der Waals surface area contributed by atoms with Gasteiger partial charge in [-0.1, -0.05) is 19.1 Å². The number of rotatable bonds is 9. The molecule has 2 aromatic heterocycles. The molecule has 2 N–H and O–H groups in total. The Hall–Kier alpha value is -3.66. The monoisotopic (exact) mass is 606 g/mol. The van der Waals surface area contributed by atoms with E-state index < -0.39 is 5.97 Å². The summed E-state index contributed by atoms with van der Waals surface area (Å²) in [7, 11) is 0. The number of nitrogens with one attached hydrogen (secondary N) is 1. The average Bonchev–Trinajstić information content (AvgIpc) is 3.60. The van der Waals surface area contributed by atoms with Gasteiger partial charge in [-0.3, -0.25) is 19.2 Å². The Morgan fingerprint density at radius 1 is 1.02 bits per heavy atom. The van der Waals surface area contributed by atoms with E-state index in [1.807, 2.05) is 72.0 Å². The third kappa shape index (κ3) is 6.64. The van der Waals surface area contributed by atoms with E-state index in [2.05, 4.69) is 5.32 Å². The number of thiophene rings is 1. The van der Waals surface area contributed by atoms with E-state index in [0.717, 1.165) is 27.9 Å². The molecule has 0 spiro atoms. The van der Waals surface area contributed by atoms with E-state index in [1.54, 1.807) is 16.2 Å². The van der Waals surface area contributed by atoms with Crippen molar-refractivity contribution in [2.45, 2.75) is 84.3 Å². The second-order valence-corrected chi connectivity index (χ2v) is 12.9. The first-order valence-electron chi connectivity index (χ1n) is 15.5. The molecule has 9 nitrogen and oxygen atoms in total. The maximum absolute atomic E-state index is 13.6. The van der Waals surface area contributed by atoms with Crippen LogP contribution in [0.1, 0.15) is 74.8 Å². The second kappa shape index (κ2) is 13.3. The van der Waals surface area contributed by atoms with Crippen LogP contribution in [0.5, 0.6) is 0 Å². The average molecular weight is 607 g/mol. The zero-order valence-electron chi connectivity index (χ0n) is 25.3. The highest BCUT2D eigenvalue weighted by atomic mass is 32.1. The van der Waals surface area contributed by atoms with E-state index in [-0.39, 0.29) is 48.2 Å². The van der Waals surface area contributed by atoms with Crippen molar-refractivity contribution >= 4 is 50.9 Å². The van der Waals surface area contributed by atoms with Crippen LogP contribution in [0.15, 0.2) is 41.8 Å². The van der Waals surface area contributed by atoms with Crippen LogP contribution in [0, 0.1) is 18.8 Å². The zero-order valence-corrected chi connectivity index (χ0v) is 26.1. The van der Waals surface area contributed by atoms with Gasteiger partial charge in [0.15, 0.2) is 0 Å². The van der Waals surface area contributed by atoms with Gasteiger partial charge in [0.25, 0.3) is 5.91 Å². The molecule has 5 rings (SSSR count). The largest absolute Gasteiger partial charge is 0.481 e. The number of likely N-dealkylation sites (N-methyl/N-ethyl adjacent to an activating group) is 1. The number of benzene rings is 1. The number of amides is 3. The molecule has 2 atom stereocenters. The third-order valence-electron chi connectivity index (χ3n) is 9.21. The second-order valence-electron chi connectivity index (χ2n) is 11.9. The summed E-state index contributed by atoms with van der Waals surface area (Å²) >= 11 is 1.55. The molecule has 3 aromatic rings. The standard InChI is InChI=1S/C33H42N4O5S/c1-4-25-18-23(33(41)42)13-15-36(25)32(40)22-9-11-24(12-10-22)34-31(39)28-19-29-27(14-16-43-29)37(28)20-30(38)35(5-2)26-8-6-7-21(3)17-26/h6-8,14,16-17,19,22-25H,4-5,9-13,15,18,20H2,1-3H3,(H,34,39)(H,41,42)/t22-,23?,24-,25?. The number of carbonyl (C=O) groups is 4. The summed E-state index contributed by atoms with van der Waals surface area (Å²) in [5.41, 5.74) is 3.26. The Labute approximate surface area is 256 Å². The molecule has 230 valence electrons. The third-order valence-corrected chi connectivity index (χ3v) is 10.1. The fraction of sp³-hybridized carbons (Fsp3) is 0.515. The fourth-order valence-corrected chi connectivity index (χ4v) is 7.61. The van der Waals surface area contributed by atoms with Crippen molar-refractivity contribution in [3.8, 4) is 0 Å². The summed E-state index contributed by atoms with van der Waals surface area (Å²) in [5, 5.41) is 14.6. The molecule has 1 saturated carbocycles. The molecule has 1 aliphatic carbocycles. The van der Waals surface area contributed by atoms with E-state index in [0.29, 0.717) is 57.3 Å². The van der Waals surface area contributed by atoms with Crippen molar-refractivity contribution in [1.82, 2.24) is 14.8 Å². The van der Waals surface area contributed by atoms with Crippen LogP contribution in [0.25, 0.3) is 10.2 Å². The minimum Gasteiger partial charge on any atom is -0.481 e. The number of carboxylic acid groups (broad SMARTS) is 1. The number of aryl methyl sites for hydroxylation is 1. The zero-order chi connectivity index (χ0) is 30.7. The molecule has 2 unspecified atom stereocenters. The van der Waals surface area contributed by atoms with Gasteiger partial charge in [0, 0.05) is 36.8 Å². The molecular weight excluding hydrogens is 564 g/mol. The maximum Gasteiger partial charge on any atom is 0.306 e. The Balaban J connectivity index is 1.22. The van der Waals surface area contributed by atoms with E-state index in [9.17, 15) is 24.3 Å². The quantitative estimate of drug-likeness (QED) is 0.336. The number of nitrogens with zero attached hydrogens (tertiary/aromatic N) is 3. The molecule has 3 heterocycles. The van der Waals surface area contributed by atoms with Gasteiger partial charge in [0.2, 0.25) is 11.8 Å². The summed E-state index contributed by atoms with van der Waals surface area (Å²) in [6.45, 7) is 7.04. The SMILES string of the molecule is CCC1CC(C(=O)O)CCN1C(=O)[C@H]1CC[C@H](NC(=O)c2cc3sccc3n2CC(=O)N(CC)c2cccc(C)c2)CC1. The van der Waals surface area contributed by atoms with E-state index >= 15 is 0 Å². The van der Waals surface area contributed by atoms with Crippen molar-refractivity contribution < 1.29 is 24.3 Å². The smallest absolute Gasteiger partial charge is 0.306 e. The Morgan fingerprint density at radius 3 is 2.47 bits per heavy atom. The lowest BCUT2D eigenvalue weighted by Crippen LogP contribution is -2.50. The maximum atomic E-state index is 13.6. The van der Waals surface area contributed by atoms with Crippen LogP contribution in [0.3, 0.4) is 0 Å². The number of aliphatic carboxylic acids is 1. The molecule has 0 bridgehead atoms. The summed E-state index contributed by atoms with van der Waals surface area (Å²) in [6, 6.07) is 11.6. The van der Waals surface area contributed by atoms with Gasteiger partial charge in [-0.2, -0.15) is 0 Å². The Morgan fingerprint density at radius 2 is 1.79 bits per heavy atom. The minimum atomic E-state index is -0.772. The molecule has 1 aromatic carbocycles. The molecule has 2 fully saturated rings. The van der Waals surface area contributed by atoms with Gasteiger partial charge in [0.05, 0.1) is 16.1 Å². The molecular formula is C33H42N4O5S. The molecule has 2 aliphatic rings. The lowest BCUT2D eigenvalue weighted by Gasteiger charge is -2.41. The molecule has 3 amide bonds. The lowest BCUT2D eigenvalue weighted by atomic mass is 9.83. The number of fused-ring (bicyclic) bond motifs is 1. The van der Waals surface area contributed by atoms with Crippen LogP contribution in [-0.4, -0.2) is 63.4 Å². The van der Waals surface area contributed by atoms with Crippen molar-refractivity contribution in [1.29, 1.82) is 0 Å². The highest BCUT2D eigenvalue weighted by molar-refractivity contribution is 7.17. The fourth-order valence-electron chi connectivity index (χ4n) is 6.79. The number of carboxylic acids is 1. The van der Waals surface area contributed by atoms with Crippen LogP contribution in [0.4, 0.5) is 5.69 Å². The van der Waals surface area contributed by atoms with Crippen LogP contribution >= 0.6 is 11.3 Å². The van der Waals surface area contributed by atoms with Crippen LogP contribution < -0.4 is 10.2 Å². The first-order valence-corrected chi connectivity index (χ1v) is 16.4. The predicted molar refractivity (Wildman–Crippen MR) is 168 cm³/mol. The first-order chi connectivity index (χ1) is 20.7. The van der Waals surface area contributed by atoms with Crippen molar-refractivity contribution in [2.24, 2.45) is 11.8 Å². The van der Waals surface area contributed by atoms with Crippen molar-refractivity contribution in [3.05, 3.63) is 53.0 Å². The molecule has 43 heavy (non-hydrogen) atoms. The van der Waals surface area contributed by atoms with Gasteiger partial charge in [-0.15, -0.1) is 11.3 Å². The van der Waals surface area contributed by atoms with Crippen LogP contribution in [-0.2, 0) is 20.9 Å². The summed E-state index contributed by atoms with van der Waals surface area (Å²) in [6.07, 6.45) is 4.56. The number of likely N-dealkylation sites (tertiary alicyclic amines) is 1. The van der Waals surface area contributed by atoms with Gasteiger partial charge < -0.3 is 24.8 Å². The predicted octanol–water partition coefficient (Wildman–Crippen LogP) is 5.45. The van der Waals surface area contributed by atoms with Crippen molar-refractivity contribution in [3.63, 3.8) is 0 Å². The number of hydrogen-bond acceptors (Lipinski definition) is 5. The molecule has 1 aliphatic heterocycles. The van der Waals surface area contributed by atoms with E-state index in [1.165, 1.54) is 0 Å². The number of anilines is 1. The van der Waals surface area contributed by atoms with Gasteiger partial charge >= 0.3 is 5.97 Å². The number of hydrogen-bond donors (Lipinski definition) is 2. The molecule has 1 saturated heterocycles. The molecule has 0 radical (unpaired) electrons. The summed E-state index contributed by atoms with van der Waals surface area (Å²) in [5.74, 6) is -1.41. The topological polar surface area (TPSA) is 112 Å². The van der Waals surface area contributed by atoms with Gasteiger partial charge in [-0.25, -0.2) is 0 Å². The van der Waals surface area contributed by atoms with E-state index in [4.69, 9.17) is 0 Å².